The van der Waals surface area contributed by atoms with Crippen LogP contribution in [0.15, 0.2) is 108 Å². The van der Waals surface area contributed by atoms with Gasteiger partial charge in [0, 0.05) is 30.3 Å². The van der Waals surface area contributed by atoms with E-state index >= 15 is 0 Å². The summed E-state index contributed by atoms with van der Waals surface area (Å²) in [7, 11) is 0. The summed E-state index contributed by atoms with van der Waals surface area (Å²) in [5.74, 6) is -0.225. The first-order valence-electron chi connectivity index (χ1n) is 13.6. The normalized spacial score (nSPS) is 13.1. The van der Waals surface area contributed by atoms with Crippen LogP contribution in [0.2, 0.25) is 0 Å². The molecule has 0 saturated heterocycles. The zero-order valence-corrected chi connectivity index (χ0v) is 23.5. The molecule has 200 valence electrons. The van der Waals surface area contributed by atoms with Crippen LogP contribution in [0.4, 0.5) is 4.39 Å². The Labute approximate surface area is 228 Å². The van der Waals surface area contributed by atoms with Crippen LogP contribution in [0, 0.1) is 5.82 Å². The summed E-state index contributed by atoms with van der Waals surface area (Å²) in [6, 6.07) is 10.6. The Kier molecular flexibility index (Phi) is 10.9. The molecule has 0 bridgehead atoms. The van der Waals surface area contributed by atoms with Crippen LogP contribution in [-0.4, -0.2) is 9.88 Å². The number of hydrogen-bond acceptors (Lipinski definition) is 3. The number of hydrogen-bond donors (Lipinski definition) is 1. The molecule has 1 N–H and O–H groups in total. The number of benzene rings is 1. The van der Waals surface area contributed by atoms with E-state index < -0.39 is 0 Å². The van der Waals surface area contributed by atoms with Crippen molar-refractivity contribution in [3.05, 3.63) is 137 Å². The van der Waals surface area contributed by atoms with Gasteiger partial charge in [0.05, 0.1) is 12.2 Å². The Balaban J connectivity index is 1.69. The number of aromatic nitrogens is 1. The van der Waals surface area contributed by atoms with Crippen LogP contribution in [0.25, 0.3) is 0 Å². The maximum atomic E-state index is 14.7. The van der Waals surface area contributed by atoms with Gasteiger partial charge in [0.2, 0.25) is 0 Å². The number of rotatable bonds is 13. The summed E-state index contributed by atoms with van der Waals surface area (Å²) in [6.45, 7) is 18.0. The first-order valence-corrected chi connectivity index (χ1v) is 13.6. The van der Waals surface area contributed by atoms with Crippen molar-refractivity contribution in [3.8, 4) is 0 Å². The van der Waals surface area contributed by atoms with Gasteiger partial charge in [-0.25, -0.2) is 4.39 Å². The van der Waals surface area contributed by atoms with Crippen LogP contribution < -0.4 is 5.32 Å². The highest BCUT2D eigenvalue weighted by molar-refractivity contribution is 5.46. The lowest BCUT2D eigenvalue weighted by Crippen LogP contribution is -2.17. The lowest BCUT2D eigenvalue weighted by molar-refractivity contribution is 0.472. The van der Waals surface area contributed by atoms with E-state index in [0.717, 1.165) is 49.2 Å². The maximum Gasteiger partial charge on any atom is 0.149 e. The predicted octanol–water partition coefficient (Wildman–Crippen LogP) is 8.48. The Morgan fingerprint density at radius 1 is 1.08 bits per heavy atom. The number of nitrogens with one attached hydrogen (secondary N) is 1. The number of halogens is 1. The first-order chi connectivity index (χ1) is 18.3. The zero-order chi connectivity index (χ0) is 27.5. The lowest BCUT2D eigenvalue weighted by Gasteiger charge is -2.22. The molecule has 0 spiro atoms. The molecule has 38 heavy (non-hydrogen) atoms. The van der Waals surface area contributed by atoms with E-state index in [1.165, 1.54) is 22.3 Å². The molecule has 4 heteroatoms. The van der Waals surface area contributed by atoms with Crippen LogP contribution in [0.3, 0.4) is 0 Å². The molecular formula is C34H42FN3. The molecule has 0 aliphatic carbocycles. The molecule has 0 saturated carbocycles. The molecule has 1 aliphatic heterocycles. The summed E-state index contributed by atoms with van der Waals surface area (Å²) >= 11 is 0. The molecule has 1 aromatic carbocycles. The van der Waals surface area contributed by atoms with Crippen molar-refractivity contribution >= 4 is 0 Å². The summed E-state index contributed by atoms with van der Waals surface area (Å²) in [6.07, 6.45) is 16.6. The lowest BCUT2D eigenvalue weighted by atomic mass is 9.93. The fourth-order valence-electron chi connectivity index (χ4n) is 4.60. The minimum atomic E-state index is -0.225. The largest absolute Gasteiger partial charge is 0.379 e. The van der Waals surface area contributed by atoms with Crippen molar-refractivity contribution in [3.63, 3.8) is 0 Å². The van der Waals surface area contributed by atoms with E-state index in [1.807, 2.05) is 25.2 Å². The second-order valence-electron chi connectivity index (χ2n) is 9.94. The molecule has 2 heterocycles. The second kappa shape index (κ2) is 14.3. The van der Waals surface area contributed by atoms with E-state index in [0.29, 0.717) is 24.2 Å². The highest BCUT2D eigenvalue weighted by atomic mass is 19.1. The van der Waals surface area contributed by atoms with Gasteiger partial charge in [0.1, 0.15) is 5.82 Å². The third kappa shape index (κ3) is 7.92. The molecule has 0 atom stereocenters. The molecular weight excluding hydrogens is 469 g/mol. The summed E-state index contributed by atoms with van der Waals surface area (Å²) in [5.41, 5.74) is 9.20. The van der Waals surface area contributed by atoms with Gasteiger partial charge in [-0.2, -0.15) is 0 Å². The average molecular weight is 512 g/mol. The van der Waals surface area contributed by atoms with Crippen LogP contribution in [0.1, 0.15) is 69.3 Å². The van der Waals surface area contributed by atoms with Gasteiger partial charge in [-0.05, 0) is 85.6 Å². The molecule has 0 amide bonds. The quantitative estimate of drug-likeness (QED) is 0.273. The molecule has 3 rings (SSSR count). The third-order valence-corrected chi connectivity index (χ3v) is 6.84. The monoisotopic (exact) mass is 511 g/mol. The van der Waals surface area contributed by atoms with Gasteiger partial charge >= 0.3 is 0 Å². The van der Waals surface area contributed by atoms with Crippen molar-refractivity contribution in [2.45, 2.75) is 72.9 Å². The fraction of sp³-hybridized carbons (Fsp3) is 0.324. The SMILES string of the molecule is C=C(NCc1nccc(CC)c1F)/C(=C/CCc1ccc(CN2C=CC=CC2=C)cc1)C(CCC)=C(C)C. The van der Waals surface area contributed by atoms with Gasteiger partial charge in [-0.3, -0.25) is 4.98 Å². The van der Waals surface area contributed by atoms with Crippen molar-refractivity contribution in [2.75, 3.05) is 0 Å². The van der Waals surface area contributed by atoms with E-state index in [9.17, 15) is 4.39 Å². The minimum Gasteiger partial charge on any atom is -0.379 e. The maximum absolute atomic E-state index is 14.7. The van der Waals surface area contributed by atoms with E-state index in [4.69, 9.17) is 0 Å². The number of nitrogens with zero attached hydrogens (tertiary/aromatic N) is 2. The number of allylic oxidation sites excluding steroid dienone is 6. The van der Waals surface area contributed by atoms with E-state index in [1.54, 1.807) is 12.3 Å². The van der Waals surface area contributed by atoms with Crippen LogP contribution in [0.5, 0.6) is 0 Å². The molecule has 0 fully saturated rings. The van der Waals surface area contributed by atoms with Gasteiger partial charge in [-0.1, -0.05) is 75.4 Å². The smallest absolute Gasteiger partial charge is 0.149 e. The van der Waals surface area contributed by atoms with Gasteiger partial charge in [0.25, 0.3) is 0 Å². The van der Waals surface area contributed by atoms with Crippen LogP contribution >= 0.6 is 0 Å². The van der Waals surface area contributed by atoms with Crippen molar-refractivity contribution in [2.24, 2.45) is 0 Å². The predicted molar refractivity (Wildman–Crippen MR) is 159 cm³/mol. The number of aryl methyl sites for hydroxylation is 2. The summed E-state index contributed by atoms with van der Waals surface area (Å²) in [4.78, 5) is 6.41. The Morgan fingerprint density at radius 3 is 2.47 bits per heavy atom. The van der Waals surface area contributed by atoms with Crippen LogP contribution in [-0.2, 0) is 25.9 Å². The van der Waals surface area contributed by atoms with Gasteiger partial charge in [-0.15, -0.1) is 0 Å². The molecule has 0 radical (unpaired) electrons. The number of pyridine rings is 1. The molecule has 1 aromatic heterocycles. The highest BCUT2D eigenvalue weighted by Crippen LogP contribution is 2.26. The Morgan fingerprint density at radius 2 is 1.82 bits per heavy atom. The van der Waals surface area contributed by atoms with E-state index in [2.05, 4.69) is 85.7 Å². The topological polar surface area (TPSA) is 28.2 Å². The first kappa shape index (κ1) is 28.9. The Bertz CT molecular complexity index is 1240. The van der Waals surface area contributed by atoms with Crippen molar-refractivity contribution in [1.29, 1.82) is 0 Å². The summed E-state index contributed by atoms with van der Waals surface area (Å²) < 4.78 is 14.7. The van der Waals surface area contributed by atoms with E-state index in [-0.39, 0.29) is 5.82 Å². The zero-order valence-electron chi connectivity index (χ0n) is 23.5. The molecule has 1 aliphatic rings. The standard InChI is InChI=1S/C34H42FN3/c1-7-12-31(25(3)4)32(27(6)37-23-33-34(35)30(8-2)20-21-36-33)15-11-14-28-16-18-29(19-17-28)24-38-22-10-9-13-26(38)5/h9-10,13,15-22,37H,5-8,11-12,14,23-24H2,1-4H3/b32-15-. The molecule has 0 unspecified atom stereocenters. The molecule has 3 nitrogen and oxygen atoms in total. The third-order valence-electron chi connectivity index (χ3n) is 6.84. The highest BCUT2D eigenvalue weighted by Gasteiger charge is 2.13. The Hall–Kier alpha value is -3.66. The fourth-order valence-corrected chi connectivity index (χ4v) is 4.60. The van der Waals surface area contributed by atoms with Gasteiger partial charge in [0.15, 0.2) is 0 Å². The summed E-state index contributed by atoms with van der Waals surface area (Å²) in [5, 5.41) is 3.36. The second-order valence-corrected chi connectivity index (χ2v) is 9.94. The van der Waals surface area contributed by atoms with Gasteiger partial charge < -0.3 is 10.2 Å². The average Bonchev–Trinajstić information content (AvgIpc) is 2.91. The van der Waals surface area contributed by atoms with Crippen molar-refractivity contribution in [1.82, 2.24) is 15.2 Å². The minimum absolute atomic E-state index is 0.225. The van der Waals surface area contributed by atoms with Crippen molar-refractivity contribution < 1.29 is 4.39 Å². The molecule has 2 aromatic rings.